The third-order valence-electron chi connectivity index (χ3n) is 4.00. The fourth-order valence-corrected chi connectivity index (χ4v) is 3.95. The molecule has 0 radical (unpaired) electrons. The van der Waals surface area contributed by atoms with Gasteiger partial charge in [0, 0.05) is 16.3 Å². The van der Waals surface area contributed by atoms with Gasteiger partial charge in [0.1, 0.15) is 5.69 Å². The van der Waals surface area contributed by atoms with Crippen molar-refractivity contribution in [2.24, 2.45) is 5.73 Å². The molecule has 118 valence electrons. The van der Waals surface area contributed by atoms with Gasteiger partial charge in [-0.25, -0.2) is 4.98 Å². The molecule has 0 bridgehead atoms. The van der Waals surface area contributed by atoms with Crippen molar-refractivity contribution in [3.05, 3.63) is 40.5 Å². The number of nitrogens with two attached hydrogens (primary N) is 1. The quantitative estimate of drug-likeness (QED) is 0.769. The summed E-state index contributed by atoms with van der Waals surface area (Å²) in [6.45, 7) is 0. The van der Waals surface area contributed by atoms with Crippen molar-refractivity contribution in [1.82, 2.24) is 10.1 Å². The lowest BCUT2D eigenvalue weighted by molar-refractivity contribution is -0.115. The van der Waals surface area contributed by atoms with Crippen LogP contribution in [0, 0.1) is 0 Å². The second-order valence-corrected chi connectivity index (χ2v) is 6.83. The molecule has 23 heavy (non-hydrogen) atoms. The highest BCUT2D eigenvalue weighted by atomic mass is 32.1. The van der Waals surface area contributed by atoms with Crippen LogP contribution in [0.4, 0.5) is 5.13 Å². The van der Waals surface area contributed by atoms with Gasteiger partial charge in [0.25, 0.3) is 0 Å². The standard InChI is InChI=1S/C16H16N4O2S/c17-9-5-6-11-14(7-9)23-16(18-11)19-15(21)8-12-10-3-1-2-4-13(10)22-20-12/h1-4,9H,5-8,17H2,(H,18,19,21)/t9-/m0/s1. The smallest absolute Gasteiger partial charge is 0.232 e. The molecular formula is C16H16N4O2S. The van der Waals surface area contributed by atoms with Crippen LogP contribution in [0.25, 0.3) is 11.0 Å². The minimum Gasteiger partial charge on any atom is -0.356 e. The Kier molecular flexibility index (Phi) is 3.59. The topological polar surface area (TPSA) is 94.0 Å². The number of hydrogen-bond donors (Lipinski definition) is 2. The number of anilines is 1. The van der Waals surface area contributed by atoms with Gasteiger partial charge in [-0.2, -0.15) is 0 Å². The first-order chi connectivity index (χ1) is 11.2. The van der Waals surface area contributed by atoms with Crippen LogP contribution in [0.2, 0.25) is 0 Å². The highest BCUT2D eigenvalue weighted by molar-refractivity contribution is 7.15. The van der Waals surface area contributed by atoms with Crippen molar-refractivity contribution in [3.63, 3.8) is 0 Å². The summed E-state index contributed by atoms with van der Waals surface area (Å²) in [6.07, 6.45) is 2.85. The van der Waals surface area contributed by atoms with Crippen molar-refractivity contribution >= 4 is 33.3 Å². The molecule has 7 heteroatoms. The molecule has 1 aromatic carbocycles. The van der Waals surface area contributed by atoms with Crippen LogP contribution in [0.5, 0.6) is 0 Å². The summed E-state index contributed by atoms with van der Waals surface area (Å²) in [6, 6.07) is 7.72. The number of fused-ring (bicyclic) bond motifs is 2. The fourth-order valence-electron chi connectivity index (χ4n) is 2.84. The maximum absolute atomic E-state index is 12.2. The van der Waals surface area contributed by atoms with Gasteiger partial charge in [0.15, 0.2) is 10.7 Å². The van der Waals surface area contributed by atoms with Crippen LogP contribution >= 0.6 is 11.3 Å². The van der Waals surface area contributed by atoms with Crippen molar-refractivity contribution in [3.8, 4) is 0 Å². The minimum absolute atomic E-state index is 0.139. The molecule has 0 aliphatic heterocycles. The van der Waals surface area contributed by atoms with E-state index in [4.69, 9.17) is 10.3 Å². The summed E-state index contributed by atoms with van der Waals surface area (Å²) in [4.78, 5) is 17.9. The van der Waals surface area contributed by atoms with Gasteiger partial charge in [-0.05, 0) is 31.4 Å². The molecule has 1 aliphatic rings. The van der Waals surface area contributed by atoms with Crippen LogP contribution < -0.4 is 11.1 Å². The fraction of sp³-hybridized carbons (Fsp3) is 0.312. The number of carbonyl (C=O) groups excluding carboxylic acids is 1. The summed E-state index contributed by atoms with van der Waals surface area (Å²) in [7, 11) is 0. The molecule has 3 aromatic rings. The Morgan fingerprint density at radius 3 is 3.22 bits per heavy atom. The molecule has 1 aliphatic carbocycles. The molecule has 0 saturated heterocycles. The number of thiazole rings is 1. The number of amides is 1. The van der Waals surface area contributed by atoms with Gasteiger partial charge in [-0.1, -0.05) is 17.3 Å². The van der Waals surface area contributed by atoms with E-state index in [1.807, 2.05) is 24.3 Å². The number of nitrogens with one attached hydrogen (secondary N) is 1. The molecule has 6 nitrogen and oxygen atoms in total. The van der Waals surface area contributed by atoms with Crippen molar-refractivity contribution in [2.45, 2.75) is 31.7 Å². The molecule has 0 fully saturated rings. The summed E-state index contributed by atoms with van der Waals surface area (Å²) < 4.78 is 5.22. The highest BCUT2D eigenvalue weighted by Crippen LogP contribution is 2.29. The minimum atomic E-state index is -0.139. The Balaban J connectivity index is 1.48. The number of aromatic nitrogens is 2. The number of aryl methyl sites for hydroxylation is 1. The van der Waals surface area contributed by atoms with E-state index in [-0.39, 0.29) is 18.4 Å². The normalized spacial score (nSPS) is 17.2. The van der Waals surface area contributed by atoms with Gasteiger partial charge in [-0.3, -0.25) is 4.79 Å². The van der Waals surface area contributed by atoms with Crippen LogP contribution in [0.3, 0.4) is 0 Å². The summed E-state index contributed by atoms with van der Waals surface area (Å²) in [5.74, 6) is -0.139. The van der Waals surface area contributed by atoms with Crippen LogP contribution in [0.15, 0.2) is 28.8 Å². The van der Waals surface area contributed by atoms with Gasteiger partial charge in [0.05, 0.1) is 12.1 Å². The maximum atomic E-state index is 12.2. The largest absolute Gasteiger partial charge is 0.356 e. The third-order valence-corrected chi connectivity index (χ3v) is 5.04. The van der Waals surface area contributed by atoms with Crippen molar-refractivity contribution in [1.29, 1.82) is 0 Å². The Bertz CT molecular complexity index is 870. The zero-order chi connectivity index (χ0) is 15.8. The van der Waals surface area contributed by atoms with E-state index < -0.39 is 0 Å². The molecular weight excluding hydrogens is 312 g/mol. The summed E-state index contributed by atoms with van der Waals surface area (Å²) in [5.41, 5.74) is 8.37. The number of benzene rings is 1. The maximum Gasteiger partial charge on any atom is 0.232 e. The monoisotopic (exact) mass is 328 g/mol. The lowest BCUT2D eigenvalue weighted by atomic mass is 9.99. The molecule has 3 N–H and O–H groups in total. The van der Waals surface area contributed by atoms with Crippen molar-refractivity contribution in [2.75, 3.05) is 5.32 Å². The van der Waals surface area contributed by atoms with Crippen LogP contribution in [-0.4, -0.2) is 22.1 Å². The average molecular weight is 328 g/mol. The molecule has 1 atom stereocenters. The highest BCUT2D eigenvalue weighted by Gasteiger charge is 2.21. The predicted molar refractivity (Wildman–Crippen MR) is 88.5 cm³/mol. The lowest BCUT2D eigenvalue weighted by Gasteiger charge is -2.15. The van der Waals surface area contributed by atoms with E-state index in [0.29, 0.717) is 16.4 Å². The zero-order valence-corrected chi connectivity index (χ0v) is 13.2. The van der Waals surface area contributed by atoms with Gasteiger partial charge < -0.3 is 15.6 Å². The number of rotatable bonds is 3. The Hall–Kier alpha value is -2.25. The van der Waals surface area contributed by atoms with E-state index in [9.17, 15) is 4.79 Å². The second kappa shape index (κ2) is 5.75. The van der Waals surface area contributed by atoms with E-state index in [1.54, 1.807) is 0 Å². The molecule has 0 spiro atoms. The number of para-hydroxylation sites is 1. The van der Waals surface area contributed by atoms with Gasteiger partial charge in [0.2, 0.25) is 5.91 Å². The first-order valence-corrected chi connectivity index (χ1v) is 8.38. The summed E-state index contributed by atoms with van der Waals surface area (Å²) in [5, 5.41) is 8.35. The average Bonchev–Trinajstić information content (AvgIpc) is 3.11. The molecule has 2 heterocycles. The first kappa shape index (κ1) is 14.3. The molecule has 1 amide bonds. The summed E-state index contributed by atoms with van der Waals surface area (Å²) >= 11 is 1.52. The number of carbonyl (C=O) groups is 1. The molecule has 0 saturated carbocycles. The van der Waals surface area contributed by atoms with E-state index >= 15 is 0 Å². The molecule has 2 aromatic heterocycles. The lowest BCUT2D eigenvalue weighted by Crippen LogP contribution is -2.27. The third kappa shape index (κ3) is 2.85. The Morgan fingerprint density at radius 1 is 1.43 bits per heavy atom. The zero-order valence-electron chi connectivity index (χ0n) is 12.4. The Labute approximate surface area is 136 Å². The van der Waals surface area contributed by atoms with E-state index in [1.165, 1.54) is 16.2 Å². The van der Waals surface area contributed by atoms with Gasteiger partial charge in [-0.15, -0.1) is 11.3 Å². The Morgan fingerprint density at radius 2 is 2.30 bits per heavy atom. The SMILES string of the molecule is N[C@H]1CCc2nc(NC(=O)Cc3noc4ccccc34)sc2C1. The van der Waals surface area contributed by atoms with Gasteiger partial charge >= 0.3 is 0 Å². The second-order valence-electron chi connectivity index (χ2n) is 5.74. The number of nitrogens with zero attached hydrogens (tertiary/aromatic N) is 2. The number of hydrogen-bond acceptors (Lipinski definition) is 6. The van der Waals surface area contributed by atoms with E-state index in [2.05, 4.69) is 15.5 Å². The molecule has 0 unspecified atom stereocenters. The van der Waals surface area contributed by atoms with Crippen molar-refractivity contribution < 1.29 is 9.32 Å². The van der Waals surface area contributed by atoms with E-state index in [0.717, 1.165) is 30.3 Å². The predicted octanol–water partition coefficient (Wildman–Crippen LogP) is 2.28. The first-order valence-electron chi connectivity index (χ1n) is 7.56. The van der Waals surface area contributed by atoms with Crippen LogP contribution in [0.1, 0.15) is 22.7 Å². The molecule has 4 rings (SSSR count). The van der Waals surface area contributed by atoms with Crippen LogP contribution in [-0.2, 0) is 24.1 Å².